The van der Waals surface area contributed by atoms with E-state index in [4.69, 9.17) is 4.52 Å². The van der Waals surface area contributed by atoms with Crippen LogP contribution in [0.5, 0.6) is 0 Å². The van der Waals surface area contributed by atoms with Gasteiger partial charge in [-0.25, -0.2) is 0 Å². The molecule has 0 atom stereocenters. The molecular weight excluding hydrogens is 545 g/mol. The van der Waals surface area contributed by atoms with E-state index in [1.165, 1.54) is 175 Å². The van der Waals surface area contributed by atoms with Gasteiger partial charge >= 0.3 is 0 Å². The number of nitrogens with zero attached hydrogens (tertiary/aromatic N) is 1. The lowest BCUT2D eigenvalue weighted by Gasteiger charge is -2.27. The summed E-state index contributed by atoms with van der Waals surface area (Å²) in [7, 11) is 7.82. The second-order valence-corrected chi connectivity index (χ2v) is 15.2. The van der Waals surface area contributed by atoms with E-state index in [1.807, 2.05) is 0 Å². The van der Waals surface area contributed by atoms with Crippen molar-refractivity contribution in [3.63, 3.8) is 0 Å². The molecule has 0 radical (unpaired) electrons. The first-order chi connectivity index (χ1) is 21.0. The van der Waals surface area contributed by atoms with Crippen LogP contribution in [0.3, 0.4) is 0 Å². The molecule has 0 aromatic carbocycles. The van der Waals surface area contributed by atoms with Gasteiger partial charge in [-0.15, -0.1) is 0 Å². The Morgan fingerprint density at radius 2 is 0.907 bits per heavy atom. The van der Waals surface area contributed by atoms with E-state index in [9.17, 15) is 4.79 Å². The topological polar surface area (TPSA) is 26.3 Å². The fraction of sp³-hybridized carbons (Fsp3) is 0.923. The summed E-state index contributed by atoms with van der Waals surface area (Å²) in [6.45, 7) is 4.25. The van der Waals surface area contributed by atoms with Gasteiger partial charge in [0.15, 0.2) is 0 Å². The number of Topliss-reactive ketones (excluding diaryl/α,β-unsaturated/α-hetero) is 1. The summed E-state index contributed by atoms with van der Waals surface area (Å²) in [6, 6.07) is 0. The van der Waals surface area contributed by atoms with Crippen molar-refractivity contribution < 1.29 is 13.8 Å². The first-order valence-corrected chi connectivity index (χ1v) is 20.2. The molecule has 0 spiro atoms. The third-order valence-corrected chi connectivity index (χ3v) is 9.48. The number of quaternary nitrogens is 1. The third kappa shape index (κ3) is 39.7. The van der Waals surface area contributed by atoms with Crippen molar-refractivity contribution in [3.05, 3.63) is 12.2 Å². The van der Waals surface area contributed by atoms with Crippen molar-refractivity contribution in [2.75, 3.05) is 40.5 Å². The van der Waals surface area contributed by atoms with Gasteiger partial charge in [0.05, 0.1) is 34.3 Å². The number of hydrogen-bond donors (Lipinski definition) is 0. The van der Waals surface area contributed by atoms with E-state index in [-0.39, 0.29) is 0 Å². The van der Waals surface area contributed by atoms with Gasteiger partial charge in [0.1, 0.15) is 5.78 Å². The van der Waals surface area contributed by atoms with E-state index >= 15 is 0 Å². The van der Waals surface area contributed by atoms with Gasteiger partial charge in [0, 0.05) is 12.8 Å². The molecule has 0 saturated carbocycles. The molecule has 4 heteroatoms. The van der Waals surface area contributed by atoms with E-state index in [0.717, 1.165) is 43.3 Å². The number of likely N-dealkylation sites (N-methyl/N-ethyl adjacent to an activating group) is 1. The maximum Gasteiger partial charge on any atom is 0.132 e. The molecule has 43 heavy (non-hydrogen) atoms. The first-order valence-electron chi connectivity index (χ1n) is 19.2. The first kappa shape index (κ1) is 42.8. The van der Waals surface area contributed by atoms with Crippen LogP contribution < -0.4 is 0 Å². The Morgan fingerprint density at radius 1 is 0.535 bits per heavy atom. The predicted octanol–water partition coefficient (Wildman–Crippen LogP) is 13.0. The Hall–Kier alpha value is -0.240. The molecule has 0 rings (SSSR count). The van der Waals surface area contributed by atoms with Crippen LogP contribution in [0.25, 0.3) is 0 Å². The molecule has 0 saturated heterocycles. The van der Waals surface area contributed by atoms with E-state index < -0.39 is 0 Å². The average molecular weight is 624 g/mol. The van der Waals surface area contributed by atoms with Gasteiger partial charge in [0.25, 0.3) is 0 Å². The van der Waals surface area contributed by atoms with Crippen molar-refractivity contribution in [2.45, 2.75) is 193 Å². The Labute approximate surface area is 273 Å². The van der Waals surface area contributed by atoms with Gasteiger partial charge in [-0.05, 0) is 38.5 Å². The number of hydrogen-bond acceptors (Lipinski definition) is 2. The minimum Gasteiger partial charge on any atom is -0.553 e. The number of allylic oxidation sites excluding steroid dienone is 2. The molecule has 0 amide bonds. The Kier molecular flexibility index (Phi) is 34.4. The van der Waals surface area contributed by atoms with E-state index in [1.54, 1.807) is 0 Å². The summed E-state index contributed by atoms with van der Waals surface area (Å²) in [5.41, 5.74) is 0. The van der Waals surface area contributed by atoms with Crippen LogP contribution in [0.4, 0.5) is 0 Å². The minimum absolute atomic E-state index is 0.514. The van der Waals surface area contributed by atoms with Crippen molar-refractivity contribution in [2.24, 2.45) is 0 Å². The summed E-state index contributed by atoms with van der Waals surface area (Å²) in [6.07, 6.45) is 43.8. The molecule has 0 aliphatic carbocycles. The zero-order chi connectivity index (χ0) is 31.5. The normalized spacial score (nSPS) is 12.4. The Balaban J connectivity index is 3.21. The molecule has 3 nitrogen and oxygen atoms in total. The quantitative estimate of drug-likeness (QED) is 0.0300. The van der Waals surface area contributed by atoms with Crippen molar-refractivity contribution in [1.82, 2.24) is 0 Å². The summed E-state index contributed by atoms with van der Waals surface area (Å²) >= 11 is 0. The monoisotopic (exact) mass is 624 g/mol. The highest BCUT2D eigenvalue weighted by Gasteiger charge is 2.03. The minimum atomic E-state index is 0.514. The molecule has 0 bridgehead atoms. The second-order valence-electron chi connectivity index (χ2n) is 14.3. The van der Waals surface area contributed by atoms with Crippen molar-refractivity contribution >= 4 is 14.6 Å². The second kappa shape index (κ2) is 34.6. The van der Waals surface area contributed by atoms with Crippen LogP contribution in [0, 0.1) is 0 Å². The third-order valence-electron chi connectivity index (χ3n) is 8.62. The van der Waals surface area contributed by atoms with Crippen LogP contribution in [0.2, 0.25) is 0 Å². The number of carbonyl (C=O) groups is 1. The molecule has 0 aromatic heterocycles. The molecule has 0 heterocycles. The van der Waals surface area contributed by atoms with Crippen molar-refractivity contribution in [1.29, 1.82) is 0 Å². The standard InChI is InChI=1S/C39H78NO2P/c1-5-6-7-8-9-10-11-16-19-22-25-28-31-34-39(41)35-32-29-26-23-20-17-14-12-13-15-18-21-24-27-30-33-38-43-42-37-36-40(2,3)4/h12-13H,5-11,14-38H2,1-4H3. The molecule has 0 unspecified atom stereocenters. The number of unbranched alkanes of at least 4 members (excludes halogenated alkanes) is 24. The molecular formula is C39H78NO2P. The fourth-order valence-electron chi connectivity index (χ4n) is 5.58. The molecule has 256 valence electrons. The average Bonchev–Trinajstić information content (AvgIpc) is 2.97. The highest BCUT2D eigenvalue weighted by molar-refractivity contribution is 7.32. The van der Waals surface area contributed by atoms with Crippen molar-refractivity contribution in [3.8, 4) is 0 Å². The maximum atomic E-state index is 12.2. The summed E-state index contributed by atoms with van der Waals surface area (Å²) in [5.74, 6) is 0.514. The molecule has 0 aliphatic heterocycles. The number of carbonyl (C=O) groups excluding carboxylic acids is 1. The van der Waals surface area contributed by atoms with E-state index in [0.29, 0.717) is 5.78 Å². The van der Waals surface area contributed by atoms with Crippen LogP contribution >= 0.6 is 8.81 Å². The summed E-state index contributed by atoms with van der Waals surface area (Å²) < 4.78 is 6.70. The zero-order valence-electron chi connectivity index (χ0n) is 30.0. The number of rotatable bonds is 36. The van der Waals surface area contributed by atoms with Gasteiger partial charge in [-0.2, -0.15) is 6.16 Å². The van der Waals surface area contributed by atoms with Gasteiger partial charge in [0.2, 0.25) is 0 Å². The van der Waals surface area contributed by atoms with Crippen LogP contribution in [-0.4, -0.2) is 50.7 Å². The lowest BCUT2D eigenvalue weighted by molar-refractivity contribution is -0.870. The van der Waals surface area contributed by atoms with Crippen LogP contribution in [-0.2, 0) is 9.32 Å². The van der Waals surface area contributed by atoms with Crippen LogP contribution in [0.1, 0.15) is 193 Å². The summed E-state index contributed by atoms with van der Waals surface area (Å²) in [5, 5.41) is 0. The molecule has 0 aromatic rings. The smallest absolute Gasteiger partial charge is 0.132 e. The van der Waals surface area contributed by atoms with Gasteiger partial charge in [-0.3, -0.25) is 4.79 Å². The fourth-order valence-corrected chi connectivity index (χ4v) is 6.27. The van der Waals surface area contributed by atoms with E-state index in [2.05, 4.69) is 40.2 Å². The zero-order valence-corrected chi connectivity index (χ0v) is 30.9. The lowest BCUT2D eigenvalue weighted by atomic mass is 10.0. The summed E-state index contributed by atoms with van der Waals surface area (Å²) in [4.78, 5) is 12.2. The maximum absolute atomic E-state index is 12.2. The molecule has 0 aliphatic rings. The lowest BCUT2D eigenvalue weighted by Crippen LogP contribution is -2.37. The molecule has 0 N–H and O–H groups in total. The predicted molar refractivity (Wildman–Crippen MR) is 194 cm³/mol. The van der Waals surface area contributed by atoms with Crippen LogP contribution in [0.15, 0.2) is 12.2 Å². The van der Waals surface area contributed by atoms with Gasteiger partial charge < -0.3 is 17.8 Å². The Morgan fingerprint density at radius 3 is 1.33 bits per heavy atom. The largest absolute Gasteiger partial charge is 0.553 e. The highest BCUT2D eigenvalue weighted by atomic mass is 31.1. The molecule has 0 fully saturated rings. The Bertz CT molecular complexity index is 586. The van der Waals surface area contributed by atoms with Gasteiger partial charge in [-0.1, -0.05) is 154 Å². The number of ketones is 1. The highest BCUT2D eigenvalue weighted by Crippen LogP contribution is 2.17. The SMILES string of the molecule is CCCCCCCCCCCCCCCC(=O)CCCCCCCCC=CCCCCCCCC[P-]OCC[N+](C)(C)C.